The van der Waals surface area contributed by atoms with Crippen LogP contribution in [0.1, 0.15) is 18.1 Å². The van der Waals surface area contributed by atoms with Crippen molar-refractivity contribution in [2.45, 2.75) is 18.7 Å². The number of hydrogen-bond acceptors (Lipinski definition) is 5. The molecule has 0 atom stereocenters. The highest BCUT2D eigenvalue weighted by molar-refractivity contribution is 7.89. The van der Waals surface area contributed by atoms with Crippen LogP contribution < -0.4 is 5.73 Å². The summed E-state index contributed by atoms with van der Waals surface area (Å²) in [5.74, 6) is -0.592. The molecule has 3 rings (SSSR count). The molecule has 0 aliphatic carbocycles. The zero-order valence-electron chi connectivity index (χ0n) is 16.8. The second kappa shape index (κ2) is 9.04. The van der Waals surface area contributed by atoms with Gasteiger partial charge < -0.3 is 10.5 Å². The predicted octanol–water partition coefficient (Wildman–Crippen LogP) is 3.51. The Balaban J connectivity index is 2.08. The summed E-state index contributed by atoms with van der Waals surface area (Å²) < 4.78 is 32.8. The van der Waals surface area contributed by atoms with Gasteiger partial charge in [0.1, 0.15) is 0 Å². The van der Waals surface area contributed by atoms with Crippen LogP contribution in [0, 0.1) is 6.92 Å². The van der Waals surface area contributed by atoms with E-state index in [0.29, 0.717) is 16.2 Å². The van der Waals surface area contributed by atoms with Gasteiger partial charge in [-0.3, -0.25) is 0 Å². The first-order chi connectivity index (χ1) is 14.2. The molecule has 2 N–H and O–H groups in total. The Morgan fingerprint density at radius 2 is 1.77 bits per heavy atom. The highest BCUT2D eigenvalue weighted by atomic mass is 35.5. The van der Waals surface area contributed by atoms with Gasteiger partial charge in [0.25, 0.3) is 0 Å². The maximum Gasteiger partial charge on any atom is 0.340 e. The van der Waals surface area contributed by atoms with E-state index in [1.807, 2.05) is 6.92 Å². The minimum atomic E-state index is -3.81. The minimum Gasteiger partial charge on any atom is -0.462 e. The molecule has 30 heavy (non-hydrogen) atoms. The summed E-state index contributed by atoms with van der Waals surface area (Å²) in [6.45, 7) is 3.69. The molecular weight excluding hydrogens is 424 g/mol. The molecule has 1 heterocycles. The van der Waals surface area contributed by atoms with Crippen LogP contribution in [0.25, 0.3) is 5.57 Å². The van der Waals surface area contributed by atoms with Crippen LogP contribution in [0.15, 0.2) is 70.8 Å². The number of aryl methyl sites for hydroxylation is 1. The van der Waals surface area contributed by atoms with Crippen LogP contribution >= 0.6 is 11.6 Å². The smallest absolute Gasteiger partial charge is 0.340 e. The number of sulfonamides is 1. The van der Waals surface area contributed by atoms with Crippen molar-refractivity contribution in [1.82, 2.24) is 4.31 Å². The van der Waals surface area contributed by atoms with E-state index >= 15 is 0 Å². The molecular formula is C22H23ClN2O4S. The first-order valence-electron chi connectivity index (χ1n) is 9.43. The summed E-state index contributed by atoms with van der Waals surface area (Å²) in [6.07, 6.45) is 1.68. The fourth-order valence-electron chi connectivity index (χ4n) is 3.18. The van der Waals surface area contributed by atoms with Crippen LogP contribution in [0.5, 0.6) is 0 Å². The molecule has 0 bridgehead atoms. The molecule has 1 aliphatic rings. The second-order valence-corrected chi connectivity index (χ2v) is 9.23. The third-order valence-electron chi connectivity index (χ3n) is 4.73. The van der Waals surface area contributed by atoms with Crippen LogP contribution in [0.2, 0.25) is 5.02 Å². The van der Waals surface area contributed by atoms with Gasteiger partial charge in [-0.25, -0.2) is 13.2 Å². The molecule has 158 valence electrons. The fraction of sp³-hybridized carbons (Fsp3) is 0.227. The lowest BCUT2D eigenvalue weighted by Crippen LogP contribution is -2.34. The third kappa shape index (κ3) is 4.59. The van der Waals surface area contributed by atoms with E-state index in [9.17, 15) is 13.2 Å². The van der Waals surface area contributed by atoms with Crippen LogP contribution in [0.4, 0.5) is 0 Å². The Labute approximate surface area is 181 Å². The van der Waals surface area contributed by atoms with Gasteiger partial charge in [0.15, 0.2) is 0 Å². The number of nitrogens with two attached hydrogens (primary N) is 1. The average Bonchev–Trinajstić information content (AvgIpc) is 2.88. The number of halogens is 1. The third-order valence-corrected chi connectivity index (χ3v) is 6.81. The summed E-state index contributed by atoms with van der Waals surface area (Å²) >= 11 is 5.99. The lowest BCUT2D eigenvalue weighted by Gasteiger charge is -2.20. The maximum atomic E-state index is 13.2. The summed E-state index contributed by atoms with van der Waals surface area (Å²) in [5.41, 5.74) is 8.73. The molecule has 0 spiro atoms. The minimum absolute atomic E-state index is 0.0533. The van der Waals surface area contributed by atoms with Crippen LogP contribution in [-0.4, -0.2) is 38.4 Å². The fourth-order valence-corrected chi connectivity index (χ4v) is 4.66. The van der Waals surface area contributed by atoms with Gasteiger partial charge in [-0.2, -0.15) is 4.31 Å². The van der Waals surface area contributed by atoms with Crippen molar-refractivity contribution in [3.8, 4) is 0 Å². The molecule has 8 heteroatoms. The largest absolute Gasteiger partial charge is 0.462 e. The number of hydrogen-bond donors (Lipinski definition) is 1. The number of rotatable bonds is 5. The van der Waals surface area contributed by atoms with E-state index < -0.39 is 16.0 Å². The van der Waals surface area contributed by atoms with E-state index in [-0.39, 0.29) is 35.9 Å². The highest BCUT2D eigenvalue weighted by Gasteiger charge is 2.30. The molecule has 2 aromatic rings. The van der Waals surface area contributed by atoms with E-state index in [4.69, 9.17) is 22.1 Å². The van der Waals surface area contributed by atoms with Crippen molar-refractivity contribution in [2.75, 3.05) is 19.7 Å². The molecule has 0 amide bonds. The average molecular weight is 447 g/mol. The van der Waals surface area contributed by atoms with Crippen molar-refractivity contribution in [3.05, 3.63) is 82.0 Å². The lowest BCUT2D eigenvalue weighted by atomic mass is 9.96. The maximum absolute atomic E-state index is 13.2. The Hall–Kier alpha value is -2.61. The second-order valence-electron chi connectivity index (χ2n) is 6.86. The summed E-state index contributed by atoms with van der Waals surface area (Å²) in [6, 6.07) is 13.5. The molecule has 0 radical (unpaired) electrons. The number of carbonyl (C=O) groups is 1. The number of ether oxygens (including phenoxy) is 1. The molecule has 6 nitrogen and oxygen atoms in total. The number of esters is 1. The van der Waals surface area contributed by atoms with Gasteiger partial charge in [0.05, 0.1) is 23.6 Å². The van der Waals surface area contributed by atoms with Gasteiger partial charge in [0.2, 0.25) is 10.0 Å². The van der Waals surface area contributed by atoms with Crippen molar-refractivity contribution in [1.29, 1.82) is 0 Å². The topological polar surface area (TPSA) is 89.7 Å². The first-order valence-corrected chi connectivity index (χ1v) is 11.2. The molecule has 0 saturated carbocycles. The van der Waals surface area contributed by atoms with Crippen molar-refractivity contribution < 1.29 is 17.9 Å². The van der Waals surface area contributed by atoms with Gasteiger partial charge in [0, 0.05) is 17.3 Å². The lowest BCUT2D eigenvalue weighted by molar-refractivity contribution is -0.138. The summed E-state index contributed by atoms with van der Waals surface area (Å²) in [5, 5.41) is 0.547. The zero-order valence-corrected chi connectivity index (χ0v) is 18.3. The molecule has 0 unspecified atom stereocenters. The standard InChI is InChI=1S/C22H23ClN2O4S/c1-3-29-22(26)21-19(16-6-8-17(23)9-7-16)12-13-25(14-20(21)24)30(27,28)18-10-4-15(2)5-11-18/h4-12H,3,13-14,24H2,1-2H3. The number of nitrogens with zero attached hydrogens (tertiary/aromatic N) is 1. The zero-order chi connectivity index (χ0) is 21.9. The van der Waals surface area contributed by atoms with E-state index in [2.05, 4.69) is 0 Å². The van der Waals surface area contributed by atoms with E-state index in [1.165, 1.54) is 4.31 Å². The van der Waals surface area contributed by atoms with Crippen molar-refractivity contribution >= 4 is 33.2 Å². The quantitative estimate of drug-likeness (QED) is 0.710. The monoisotopic (exact) mass is 446 g/mol. The van der Waals surface area contributed by atoms with Crippen LogP contribution in [0.3, 0.4) is 0 Å². The summed E-state index contributed by atoms with van der Waals surface area (Å²) in [4.78, 5) is 12.8. The molecule has 1 aliphatic heterocycles. The van der Waals surface area contributed by atoms with Gasteiger partial charge in [-0.15, -0.1) is 0 Å². The predicted molar refractivity (Wildman–Crippen MR) is 117 cm³/mol. The Morgan fingerprint density at radius 1 is 1.13 bits per heavy atom. The Morgan fingerprint density at radius 3 is 2.37 bits per heavy atom. The Bertz CT molecular complexity index is 1100. The van der Waals surface area contributed by atoms with Crippen molar-refractivity contribution in [3.63, 3.8) is 0 Å². The van der Waals surface area contributed by atoms with Crippen molar-refractivity contribution in [2.24, 2.45) is 5.73 Å². The normalized spacial score (nSPS) is 15.5. The SMILES string of the molecule is CCOC(=O)C1=C(N)CN(S(=O)(=O)c2ccc(C)cc2)CC=C1c1ccc(Cl)cc1. The highest BCUT2D eigenvalue weighted by Crippen LogP contribution is 2.30. The van der Waals surface area contributed by atoms with E-state index in [0.717, 1.165) is 5.56 Å². The first kappa shape index (κ1) is 22.1. The van der Waals surface area contributed by atoms with Gasteiger partial charge in [-0.1, -0.05) is 47.5 Å². The molecule has 0 saturated heterocycles. The van der Waals surface area contributed by atoms with Gasteiger partial charge >= 0.3 is 5.97 Å². The Kier molecular flexibility index (Phi) is 6.65. The number of benzene rings is 2. The molecule has 2 aromatic carbocycles. The number of carbonyl (C=O) groups excluding carboxylic acids is 1. The van der Waals surface area contributed by atoms with Gasteiger partial charge in [-0.05, 0) is 49.2 Å². The van der Waals surface area contributed by atoms with E-state index in [1.54, 1.807) is 61.5 Å². The van der Waals surface area contributed by atoms with Crippen LogP contribution in [-0.2, 0) is 19.6 Å². The molecule has 0 aromatic heterocycles. The summed E-state index contributed by atoms with van der Waals surface area (Å²) in [7, 11) is -3.81. The molecule has 0 fully saturated rings.